The molecule has 0 aliphatic carbocycles. The maximum Gasteiger partial charge on any atom is 0.293 e. The molecular weight excluding hydrogens is 372 g/mol. The smallest absolute Gasteiger partial charge is 0.293 e. The average Bonchev–Trinajstić information content (AvgIpc) is 2.96. The van der Waals surface area contributed by atoms with Crippen molar-refractivity contribution in [2.75, 3.05) is 13.1 Å². The highest BCUT2D eigenvalue weighted by molar-refractivity contribution is 8.18. The molecule has 1 fully saturated rings. The third kappa shape index (κ3) is 5.10. The summed E-state index contributed by atoms with van der Waals surface area (Å²) in [4.78, 5) is 38.3. The van der Waals surface area contributed by atoms with Crippen molar-refractivity contribution in [2.24, 2.45) is 0 Å². The molecule has 5 nitrogen and oxygen atoms in total. The van der Waals surface area contributed by atoms with Crippen molar-refractivity contribution in [2.45, 2.75) is 19.3 Å². The van der Waals surface area contributed by atoms with Crippen LogP contribution < -0.4 is 5.32 Å². The molecule has 1 aliphatic rings. The summed E-state index contributed by atoms with van der Waals surface area (Å²) < 4.78 is 0. The van der Waals surface area contributed by atoms with Crippen LogP contribution in [0.1, 0.15) is 30.4 Å². The number of carbonyl (C=O) groups is 3. The van der Waals surface area contributed by atoms with Gasteiger partial charge in [0.2, 0.25) is 5.91 Å². The molecule has 1 heterocycles. The van der Waals surface area contributed by atoms with Gasteiger partial charge in [-0.1, -0.05) is 67.6 Å². The Morgan fingerprint density at radius 2 is 1.71 bits per heavy atom. The predicted molar refractivity (Wildman–Crippen MR) is 112 cm³/mol. The van der Waals surface area contributed by atoms with Crippen LogP contribution >= 0.6 is 11.8 Å². The van der Waals surface area contributed by atoms with Crippen LogP contribution in [-0.4, -0.2) is 35.0 Å². The van der Waals surface area contributed by atoms with Crippen LogP contribution in [0.25, 0.3) is 6.08 Å². The van der Waals surface area contributed by atoms with E-state index in [1.54, 1.807) is 6.08 Å². The zero-order valence-corrected chi connectivity index (χ0v) is 16.4. The summed E-state index contributed by atoms with van der Waals surface area (Å²) in [5.41, 5.74) is 1.98. The van der Waals surface area contributed by atoms with E-state index < -0.39 is 0 Å². The topological polar surface area (TPSA) is 66.5 Å². The third-order valence-corrected chi connectivity index (χ3v) is 5.40. The summed E-state index contributed by atoms with van der Waals surface area (Å²) in [7, 11) is 0. The highest BCUT2D eigenvalue weighted by atomic mass is 32.2. The van der Waals surface area contributed by atoms with Gasteiger partial charge in [-0.3, -0.25) is 19.3 Å². The minimum absolute atomic E-state index is 0.0943. The maximum atomic E-state index is 12.5. The number of amides is 3. The molecule has 0 spiro atoms. The van der Waals surface area contributed by atoms with Crippen LogP contribution in [0.4, 0.5) is 4.79 Å². The largest absolute Gasteiger partial charge is 0.354 e. The Bertz CT molecular complexity index is 881. The molecule has 3 amide bonds. The van der Waals surface area contributed by atoms with E-state index in [1.807, 2.05) is 67.6 Å². The zero-order chi connectivity index (χ0) is 19.9. The van der Waals surface area contributed by atoms with Crippen LogP contribution in [0.3, 0.4) is 0 Å². The average molecular weight is 394 g/mol. The van der Waals surface area contributed by atoms with Crippen molar-refractivity contribution < 1.29 is 14.4 Å². The van der Waals surface area contributed by atoms with E-state index in [9.17, 15) is 14.4 Å². The molecule has 1 unspecified atom stereocenters. The molecular formula is C22H22N2O3S. The minimum atomic E-state index is -0.314. The molecule has 6 heteroatoms. The highest BCUT2D eigenvalue weighted by Crippen LogP contribution is 2.31. The lowest BCUT2D eigenvalue weighted by molar-refractivity contribution is -0.124. The number of hydrogen-bond donors (Lipinski definition) is 1. The number of nitrogens with one attached hydrogen (secondary N) is 1. The Kier molecular flexibility index (Phi) is 6.66. The fourth-order valence-electron chi connectivity index (χ4n) is 2.95. The molecule has 0 bridgehead atoms. The van der Waals surface area contributed by atoms with E-state index in [2.05, 4.69) is 5.32 Å². The molecule has 28 heavy (non-hydrogen) atoms. The van der Waals surface area contributed by atoms with E-state index >= 15 is 0 Å². The van der Waals surface area contributed by atoms with Crippen molar-refractivity contribution in [1.82, 2.24) is 10.2 Å². The van der Waals surface area contributed by atoms with Gasteiger partial charge in [0.15, 0.2) is 0 Å². The van der Waals surface area contributed by atoms with E-state index in [-0.39, 0.29) is 36.1 Å². The second-order valence-corrected chi connectivity index (χ2v) is 7.60. The van der Waals surface area contributed by atoms with Crippen LogP contribution in [-0.2, 0) is 9.59 Å². The van der Waals surface area contributed by atoms with Crippen LogP contribution in [0.15, 0.2) is 65.6 Å². The summed E-state index contributed by atoms with van der Waals surface area (Å²) in [5.74, 6) is -0.305. The summed E-state index contributed by atoms with van der Waals surface area (Å²) in [5, 5.41) is 2.50. The normalized spacial score (nSPS) is 16.5. The number of thioether (sulfide) groups is 1. The van der Waals surface area contributed by atoms with Crippen molar-refractivity contribution in [3.63, 3.8) is 0 Å². The van der Waals surface area contributed by atoms with Gasteiger partial charge in [0, 0.05) is 19.5 Å². The van der Waals surface area contributed by atoms with Crippen LogP contribution in [0, 0.1) is 0 Å². The maximum absolute atomic E-state index is 12.5. The van der Waals surface area contributed by atoms with Gasteiger partial charge in [0.05, 0.1) is 4.91 Å². The van der Waals surface area contributed by atoms with E-state index in [4.69, 9.17) is 0 Å². The van der Waals surface area contributed by atoms with Gasteiger partial charge in [-0.15, -0.1) is 0 Å². The lowest BCUT2D eigenvalue weighted by Gasteiger charge is -2.15. The molecule has 1 N–H and O–H groups in total. The van der Waals surface area contributed by atoms with Crippen molar-refractivity contribution in [3.05, 3.63) is 76.7 Å². The van der Waals surface area contributed by atoms with Crippen molar-refractivity contribution in [3.8, 4) is 0 Å². The van der Waals surface area contributed by atoms with E-state index in [0.29, 0.717) is 11.3 Å². The van der Waals surface area contributed by atoms with Gasteiger partial charge >= 0.3 is 0 Å². The summed E-state index contributed by atoms with van der Waals surface area (Å²) >= 11 is 0.929. The van der Waals surface area contributed by atoms with E-state index in [0.717, 1.165) is 22.9 Å². The predicted octanol–water partition coefficient (Wildman–Crippen LogP) is 4.03. The first-order chi connectivity index (χ1) is 13.5. The molecule has 2 aromatic rings. The first-order valence-electron chi connectivity index (χ1n) is 9.16. The van der Waals surface area contributed by atoms with Gasteiger partial charge in [-0.25, -0.2) is 0 Å². The monoisotopic (exact) mass is 394 g/mol. The zero-order valence-electron chi connectivity index (χ0n) is 15.6. The Balaban J connectivity index is 1.49. The second-order valence-electron chi connectivity index (χ2n) is 6.61. The number of rotatable bonds is 7. The number of nitrogens with zero attached hydrogens (tertiary/aromatic N) is 1. The van der Waals surface area contributed by atoms with Gasteiger partial charge in [-0.05, 0) is 34.9 Å². The fourth-order valence-corrected chi connectivity index (χ4v) is 3.82. The number of imide groups is 1. The summed E-state index contributed by atoms with van der Waals surface area (Å²) in [6.45, 7) is 2.42. The van der Waals surface area contributed by atoms with Crippen LogP contribution in [0.2, 0.25) is 0 Å². The Labute approximate surface area is 168 Å². The van der Waals surface area contributed by atoms with Gasteiger partial charge in [0.25, 0.3) is 11.1 Å². The fraction of sp³-hybridized carbons (Fsp3) is 0.227. The third-order valence-electron chi connectivity index (χ3n) is 4.49. The lowest BCUT2D eigenvalue weighted by Crippen LogP contribution is -2.37. The molecule has 1 atom stereocenters. The lowest BCUT2D eigenvalue weighted by atomic mass is 9.98. The molecule has 0 saturated carbocycles. The highest BCUT2D eigenvalue weighted by Gasteiger charge is 2.34. The minimum Gasteiger partial charge on any atom is -0.354 e. The molecule has 1 aliphatic heterocycles. The Morgan fingerprint density at radius 1 is 1.07 bits per heavy atom. The molecule has 0 radical (unpaired) electrons. The van der Waals surface area contributed by atoms with Crippen molar-refractivity contribution >= 4 is 34.9 Å². The molecule has 1 saturated heterocycles. The summed E-state index contributed by atoms with van der Waals surface area (Å²) in [6, 6.07) is 19.2. The first kappa shape index (κ1) is 19.9. The van der Waals surface area contributed by atoms with Gasteiger partial charge < -0.3 is 5.32 Å². The molecule has 144 valence electrons. The Hall–Kier alpha value is -2.86. The standard InChI is InChI=1S/C22H22N2O3S/c1-16(18-10-6-3-7-11-18)14-20(25)23-12-13-24-21(26)19(28-22(24)27)15-17-8-4-2-5-9-17/h2-11,15-16H,12-14H2,1H3,(H,23,25). The van der Waals surface area contributed by atoms with Gasteiger partial charge in [-0.2, -0.15) is 0 Å². The number of benzene rings is 2. The van der Waals surface area contributed by atoms with Gasteiger partial charge in [0.1, 0.15) is 0 Å². The second kappa shape index (κ2) is 9.37. The quantitative estimate of drug-likeness (QED) is 0.720. The van der Waals surface area contributed by atoms with E-state index in [1.165, 1.54) is 4.90 Å². The molecule has 2 aromatic carbocycles. The molecule has 0 aromatic heterocycles. The summed E-state index contributed by atoms with van der Waals surface area (Å²) in [6.07, 6.45) is 2.07. The number of hydrogen-bond acceptors (Lipinski definition) is 4. The SMILES string of the molecule is CC(CC(=O)NCCN1C(=O)SC(=Cc2ccccc2)C1=O)c1ccccc1. The Morgan fingerprint density at radius 3 is 2.39 bits per heavy atom. The van der Waals surface area contributed by atoms with Crippen molar-refractivity contribution in [1.29, 1.82) is 0 Å². The first-order valence-corrected chi connectivity index (χ1v) is 9.98. The van der Waals surface area contributed by atoms with Crippen LogP contribution in [0.5, 0.6) is 0 Å². The molecule has 3 rings (SSSR count). The number of carbonyl (C=O) groups excluding carboxylic acids is 3.